The first-order chi connectivity index (χ1) is 17.1. The molecule has 0 saturated carbocycles. The number of carbonyl (C=O) groups is 4. The predicted octanol–water partition coefficient (Wildman–Crippen LogP) is -1.55. The van der Waals surface area contributed by atoms with Crippen molar-refractivity contribution in [1.82, 2.24) is 4.72 Å². The summed E-state index contributed by atoms with van der Waals surface area (Å²) in [5.74, 6) is -4.07. The summed E-state index contributed by atoms with van der Waals surface area (Å²) in [5.41, 5.74) is -1.84. The Morgan fingerprint density at radius 2 is 1.35 bits per heavy atom. The van der Waals surface area contributed by atoms with E-state index in [2.05, 4.69) is 9.46 Å². The maximum atomic E-state index is 13.3. The average molecular weight is 567 g/mol. The van der Waals surface area contributed by atoms with Gasteiger partial charge in [0.05, 0.1) is 12.0 Å². The topological polar surface area (TPSA) is 221 Å². The van der Waals surface area contributed by atoms with E-state index in [-0.39, 0.29) is 4.90 Å². The molecule has 0 unspecified atom stereocenters. The summed E-state index contributed by atoms with van der Waals surface area (Å²) in [5, 5.41) is 5.04. The first-order valence-corrected chi connectivity index (χ1v) is 13.5. The number of methoxy groups -OCH3 is 1. The number of nitrogens with one attached hydrogen (secondary N) is 1. The number of hydrogen-bond acceptors (Lipinski definition) is 13. The third kappa shape index (κ3) is 7.93. The van der Waals surface area contributed by atoms with Gasteiger partial charge in [-0.05, 0) is 17.7 Å². The van der Waals surface area contributed by atoms with Crippen LogP contribution in [0.15, 0.2) is 29.2 Å². The van der Waals surface area contributed by atoms with E-state index >= 15 is 0 Å². The fourth-order valence-corrected chi connectivity index (χ4v) is 5.27. The van der Waals surface area contributed by atoms with Gasteiger partial charge in [0, 0.05) is 27.3 Å². The van der Waals surface area contributed by atoms with Crippen LogP contribution in [0.3, 0.4) is 0 Å². The number of sulfonamides is 2. The van der Waals surface area contributed by atoms with Gasteiger partial charge in [0.25, 0.3) is 0 Å². The number of esters is 4. The number of nitrogens with two attached hydrogens (primary N) is 1. The summed E-state index contributed by atoms with van der Waals surface area (Å²) in [4.78, 5) is 47.5. The molecule has 17 heteroatoms. The molecular formula is C20H26N2O13S2. The molecule has 0 amide bonds. The normalized spacial score (nSPS) is 24.0. The van der Waals surface area contributed by atoms with Gasteiger partial charge in [0.1, 0.15) is 0 Å². The smallest absolute Gasteiger partial charge is 0.339 e. The molecule has 15 nitrogen and oxygen atoms in total. The van der Waals surface area contributed by atoms with Gasteiger partial charge in [-0.2, -0.15) is 0 Å². The summed E-state index contributed by atoms with van der Waals surface area (Å²) < 4.78 is 76.9. The minimum absolute atomic E-state index is 0.203. The summed E-state index contributed by atoms with van der Waals surface area (Å²) in [6, 6.07) is 4.91. The minimum Gasteiger partial charge on any atom is -0.467 e. The van der Waals surface area contributed by atoms with Crippen molar-refractivity contribution in [3.8, 4) is 0 Å². The van der Waals surface area contributed by atoms with E-state index in [9.17, 15) is 36.0 Å². The standard InChI is InChI=1S/C20H26N2O13S2/c1-10(23)32-15-16(33-11(2)24)18(34-12(3)25)20(35-17(15)19(26)31-4)37(29,30)22-9-13-5-7-14(8-6-13)36(21,27)28/h5-8,15-18,20,22H,9H2,1-4H3,(H2,21,27,28)/t15-,16+,17+,18-,20+/m1/s1. The van der Waals surface area contributed by atoms with Crippen molar-refractivity contribution >= 4 is 43.9 Å². The molecule has 206 valence electrons. The maximum absolute atomic E-state index is 13.3. The van der Waals surface area contributed by atoms with Crippen molar-refractivity contribution in [2.75, 3.05) is 7.11 Å². The van der Waals surface area contributed by atoms with Gasteiger partial charge in [0.2, 0.25) is 25.5 Å². The van der Waals surface area contributed by atoms with Gasteiger partial charge >= 0.3 is 23.9 Å². The van der Waals surface area contributed by atoms with Crippen LogP contribution >= 0.6 is 0 Å². The minimum atomic E-state index is -4.64. The second-order valence-electron chi connectivity index (χ2n) is 7.73. The second kappa shape index (κ2) is 12.0. The van der Waals surface area contributed by atoms with E-state index in [1.165, 1.54) is 12.1 Å². The molecule has 1 saturated heterocycles. The quantitative estimate of drug-likeness (QED) is 0.255. The number of hydrogen-bond donors (Lipinski definition) is 2. The third-order valence-corrected chi connectivity index (χ3v) is 7.34. The molecule has 2 rings (SSSR count). The van der Waals surface area contributed by atoms with Gasteiger partial charge in [-0.15, -0.1) is 0 Å². The van der Waals surface area contributed by atoms with Crippen LogP contribution in [0.25, 0.3) is 0 Å². The zero-order valence-electron chi connectivity index (χ0n) is 20.1. The fraction of sp³-hybridized carbons (Fsp3) is 0.500. The lowest BCUT2D eigenvalue weighted by Crippen LogP contribution is -2.65. The van der Waals surface area contributed by atoms with Crippen molar-refractivity contribution in [3.05, 3.63) is 29.8 Å². The number of carbonyl (C=O) groups excluding carboxylic acids is 4. The summed E-state index contributed by atoms with van der Waals surface area (Å²) in [7, 11) is -7.66. The van der Waals surface area contributed by atoms with Crippen LogP contribution < -0.4 is 9.86 Å². The van der Waals surface area contributed by atoms with Crippen molar-refractivity contribution in [2.24, 2.45) is 5.14 Å². The molecule has 0 aliphatic carbocycles. The molecular weight excluding hydrogens is 540 g/mol. The SMILES string of the molecule is COC(=O)[C@H]1O[C@@H](S(=O)(=O)NCc2ccc(S(N)(=O)=O)cc2)[C@H](OC(C)=O)[C@@H](OC(C)=O)[C@H]1OC(C)=O. The first-order valence-electron chi connectivity index (χ1n) is 10.4. The lowest BCUT2D eigenvalue weighted by molar-refractivity contribution is -0.236. The van der Waals surface area contributed by atoms with Crippen molar-refractivity contribution in [1.29, 1.82) is 0 Å². The highest BCUT2D eigenvalue weighted by molar-refractivity contribution is 7.90. The molecule has 1 aromatic rings. The van der Waals surface area contributed by atoms with Crippen LogP contribution in [0.5, 0.6) is 0 Å². The van der Waals surface area contributed by atoms with Gasteiger partial charge in [-0.25, -0.2) is 31.5 Å². The molecule has 0 spiro atoms. The Morgan fingerprint density at radius 3 is 1.81 bits per heavy atom. The van der Waals surface area contributed by atoms with E-state index < -0.39 is 80.3 Å². The largest absolute Gasteiger partial charge is 0.467 e. The van der Waals surface area contributed by atoms with Gasteiger partial charge in [0.15, 0.2) is 24.4 Å². The maximum Gasteiger partial charge on any atom is 0.339 e. The number of benzene rings is 1. The van der Waals surface area contributed by atoms with E-state index in [4.69, 9.17) is 24.1 Å². The van der Waals surface area contributed by atoms with Crippen LogP contribution in [-0.2, 0) is 69.5 Å². The van der Waals surface area contributed by atoms with Gasteiger partial charge in [-0.1, -0.05) is 12.1 Å². The lowest BCUT2D eigenvalue weighted by Gasteiger charge is -2.42. The number of rotatable bonds is 9. The summed E-state index contributed by atoms with van der Waals surface area (Å²) >= 11 is 0. The van der Waals surface area contributed by atoms with Crippen LogP contribution in [0.4, 0.5) is 0 Å². The van der Waals surface area contributed by atoms with Gasteiger partial charge in [-0.3, -0.25) is 14.4 Å². The second-order valence-corrected chi connectivity index (χ2v) is 11.1. The molecule has 1 fully saturated rings. The molecule has 1 aromatic carbocycles. The van der Waals surface area contributed by atoms with Crippen molar-refractivity contribution < 1.29 is 59.7 Å². The van der Waals surface area contributed by atoms with Crippen LogP contribution in [0.1, 0.15) is 26.3 Å². The molecule has 1 aliphatic heterocycles. The monoisotopic (exact) mass is 566 g/mol. The molecule has 1 heterocycles. The van der Waals surface area contributed by atoms with Gasteiger partial charge < -0.3 is 23.7 Å². The third-order valence-electron chi connectivity index (χ3n) is 4.87. The molecule has 0 aromatic heterocycles. The fourth-order valence-electron chi connectivity index (χ4n) is 3.39. The van der Waals surface area contributed by atoms with E-state index in [0.717, 1.165) is 40.0 Å². The lowest BCUT2D eigenvalue weighted by atomic mass is 9.99. The average Bonchev–Trinajstić information content (AvgIpc) is 2.78. The summed E-state index contributed by atoms with van der Waals surface area (Å²) in [6.45, 7) is 2.49. The highest BCUT2D eigenvalue weighted by Gasteiger charge is 2.58. The Labute approximate surface area is 212 Å². The number of ether oxygens (including phenoxy) is 5. The van der Waals surface area contributed by atoms with Crippen molar-refractivity contribution in [3.63, 3.8) is 0 Å². The molecule has 0 bridgehead atoms. The molecule has 1 aliphatic rings. The highest BCUT2D eigenvalue weighted by atomic mass is 32.2. The Bertz CT molecular complexity index is 1250. The highest BCUT2D eigenvalue weighted by Crippen LogP contribution is 2.32. The van der Waals surface area contributed by atoms with E-state index in [1.54, 1.807) is 0 Å². The Hall–Kier alpha value is -3.12. The van der Waals surface area contributed by atoms with Crippen LogP contribution in [-0.4, -0.2) is 77.7 Å². The zero-order valence-corrected chi connectivity index (χ0v) is 21.7. The summed E-state index contributed by atoms with van der Waals surface area (Å²) in [6.07, 6.45) is -7.27. The first kappa shape index (κ1) is 30.1. The van der Waals surface area contributed by atoms with E-state index in [0.29, 0.717) is 5.56 Å². The Kier molecular flexibility index (Phi) is 9.72. The molecule has 37 heavy (non-hydrogen) atoms. The van der Waals surface area contributed by atoms with Crippen molar-refractivity contribution in [2.45, 2.75) is 62.1 Å². The van der Waals surface area contributed by atoms with E-state index in [1.807, 2.05) is 0 Å². The Morgan fingerprint density at radius 1 is 0.865 bits per heavy atom. The Balaban J connectivity index is 2.47. The zero-order chi connectivity index (χ0) is 28.1. The molecule has 0 radical (unpaired) electrons. The van der Waals surface area contributed by atoms with Crippen LogP contribution in [0, 0.1) is 0 Å². The number of primary sulfonamides is 1. The van der Waals surface area contributed by atoms with Crippen LogP contribution in [0.2, 0.25) is 0 Å². The predicted molar refractivity (Wildman–Crippen MR) is 121 cm³/mol. The molecule has 5 atom stereocenters. The molecule has 3 N–H and O–H groups in total.